The van der Waals surface area contributed by atoms with Crippen LogP contribution < -0.4 is 15.9 Å². The Morgan fingerprint density at radius 2 is 2.07 bits per heavy atom. The number of aromatic nitrogens is 3. The van der Waals surface area contributed by atoms with E-state index in [2.05, 4.69) is 25.4 Å². The molecule has 6 nitrogen and oxygen atoms in total. The van der Waals surface area contributed by atoms with Crippen LogP contribution in [0.15, 0.2) is 4.79 Å². The summed E-state index contributed by atoms with van der Waals surface area (Å²) >= 11 is 0. The molecule has 1 fully saturated rings. The van der Waals surface area contributed by atoms with E-state index in [-0.39, 0.29) is 5.69 Å². The van der Waals surface area contributed by atoms with Gasteiger partial charge < -0.3 is 10.2 Å². The Morgan fingerprint density at radius 3 is 2.79 bits per heavy atom. The van der Waals surface area contributed by atoms with Gasteiger partial charge in [-0.05, 0) is 6.92 Å². The molecule has 0 unspecified atom stereocenters. The van der Waals surface area contributed by atoms with E-state index in [1.807, 2.05) is 6.92 Å². The smallest absolute Gasteiger partial charge is 0.352 e. The monoisotopic (exact) mass is 195 g/mol. The summed E-state index contributed by atoms with van der Waals surface area (Å²) in [5.41, 5.74) is 0.385. The lowest BCUT2D eigenvalue weighted by molar-refractivity contribution is 0.580. The minimum atomic E-state index is -0.385. The van der Waals surface area contributed by atoms with Crippen LogP contribution in [0, 0.1) is 6.92 Å². The van der Waals surface area contributed by atoms with E-state index in [9.17, 15) is 4.79 Å². The van der Waals surface area contributed by atoms with E-state index in [4.69, 9.17) is 0 Å². The number of anilines is 1. The topological polar surface area (TPSA) is 73.9 Å². The second kappa shape index (κ2) is 3.75. The first-order valence-electron chi connectivity index (χ1n) is 4.66. The van der Waals surface area contributed by atoms with Crippen LogP contribution in [0.25, 0.3) is 0 Å². The Labute approximate surface area is 81.3 Å². The van der Waals surface area contributed by atoms with Crippen molar-refractivity contribution >= 4 is 5.82 Å². The number of H-pyrrole nitrogens is 1. The largest absolute Gasteiger partial charge is 0.363 e. The number of hydrogen-bond acceptors (Lipinski definition) is 5. The van der Waals surface area contributed by atoms with Gasteiger partial charge in [0.15, 0.2) is 5.82 Å². The Balaban J connectivity index is 2.29. The van der Waals surface area contributed by atoms with Crippen LogP contribution in [0.3, 0.4) is 0 Å². The van der Waals surface area contributed by atoms with Gasteiger partial charge in [-0.25, -0.2) is 9.89 Å². The van der Waals surface area contributed by atoms with Crippen LogP contribution in [0.1, 0.15) is 5.69 Å². The van der Waals surface area contributed by atoms with Gasteiger partial charge >= 0.3 is 5.69 Å². The van der Waals surface area contributed by atoms with E-state index in [0.717, 1.165) is 31.9 Å². The molecule has 2 rings (SSSR count). The van der Waals surface area contributed by atoms with Gasteiger partial charge in [-0.2, -0.15) is 10.1 Å². The first kappa shape index (κ1) is 9.14. The Kier molecular flexibility index (Phi) is 2.45. The van der Waals surface area contributed by atoms with Crippen LogP contribution in [0.2, 0.25) is 0 Å². The van der Waals surface area contributed by atoms with Gasteiger partial charge in [-0.15, -0.1) is 0 Å². The van der Waals surface area contributed by atoms with E-state index in [0.29, 0.717) is 5.82 Å². The van der Waals surface area contributed by atoms with Crippen molar-refractivity contribution in [1.29, 1.82) is 0 Å². The molecule has 2 N–H and O–H groups in total. The van der Waals surface area contributed by atoms with Crippen LogP contribution in [-0.2, 0) is 0 Å². The van der Waals surface area contributed by atoms with Crippen LogP contribution in [0.4, 0.5) is 5.82 Å². The third-order valence-corrected chi connectivity index (χ3v) is 2.27. The average Bonchev–Trinajstić information content (AvgIpc) is 2.23. The third-order valence-electron chi connectivity index (χ3n) is 2.27. The molecule has 1 saturated heterocycles. The quantitative estimate of drug-likeness (QED) is 0.594. The highest BCUT2D eigenvalue weighted by atomic mass is 16.1. The maximum atomic E-state index is 11.0. The minimum absolute atomic E-state index is 0.385. The lowest BCUT2D eigenvalue weighted by Gasteiger charge is -2.28. The van der Waals surface area contributed by atoms with Crippen molar-refractivity contribution in [2.75, 3.05) is 31.1 Å². The molecule has 2 heterocycles. The van der Waals surface area contributed by atoms with Crippen molar-refractivity contribution in [3.63, 3.8) is 0 Å². The number of piperazine rings is 1. The number of hydrogen-bond donors (Lipinski definition) is 2. The van der Waals surface area contributed by atoms with Crippen molar-refractivity contribution in [2.45, 2.75) is 6.92 Å². The molecule has 0 atom stereocenters. The van der Waals surface area contributed by atoms with Crippen molar-refractivity contribution in [2.24, 2.45) is 0 Å². The predicted molar refractivity (Wildman–Crippen MR) is 52.5 cm³/mol. The van der Waals surface area contributed by atoms with Gasteiger partial charge in [0, 0.05) is 26.2 Å². The third kappa shape index (κ3) is 1.74. The minimum Gasteiger partial charge on any atom is -0.352 e. The fraction of sp³-hybridized carbons (Fsp3) is 0.625. The van der Waals surface area contributed by atoms with Gasteiger partial charge in [0.25, 0.3) is 0 Å². The molecule has 0 aliphatic carbocycles. The highest BCUT2D eigenvalue weighted by molar-refractivity contribution is 5.41. The fourth-order valence-electron chi connectivity index (χ4n) is 1.56. The van der Waals surface area contributed by atoms with Gasteiger partial charge in [-0.1, -0.05) is 0 Å². The molecule has 1 aromatic rings. The average molecular weight is 195 g/mol. The first-order valence-corrected chi connectivity index (χ1v) is 4.66. The second-order valence-electron chi connectivity index (χ2n) is 3.29. The normalized spacial score (nSPS) is 17.1. The van der Waals surface area contributed by atoms with Gasteiger partial charge in [0.2, 0.25) is 0 Å². The number of nitrogens with zero attached hydrogens (tertiary/aromatic N) is 3. The lowest BCUT2D eigenvalue weighted by Crippen LogP contribution is -2.44. The summed E-state index contributed by atoms with van der Waals surface area (Å²) in [6.07, 6.45) is 0. The van der Waals surface area contributed by atoms with Crippen molar-refractivity contribution < 1.29 is 0 Å². The SMILES string of the molecule is Cc1n[nH]c(=O)nc1N1CCNCC1. The van der Waals surface area contributed by atoms with Gasteiger partial charge in [-0.3, -0.25) is 0 Å². The molecule has 14 heavy (non-hydrogen) atoms. The zero-order chi connectivity index (χ0) is 9.97. The summed E-state index contributed by atoms with van der Waals surface area (Å²) in [7, 11) is 0. The summed E-state index contributed by atoms with van der Waals surface area (Å²) in [5.74, 6) is 0.704. The molecular formula is C8H13N5O. The maximum absolute atomic E-state index is 11.0. The highest BCUT2D eigenvalue weighted by Crippen LogP contribution is 2.11. The highest BCUT2D eigenvalue weighted by Gasteiger charge is 2.14. The van der Waals surface area contributed by atoms with E-state index in [1.165, 1.54) is 0 Å². The molecular weight excluding hydrogens is 182 g/mol. The Hall–Kier alpha value is -1.43. The van der Waals surface area contributed by atoms with Gasteiger partial charge in [0.05, 0.1) is 0 Å². The number of aromatic amines is 1. The summed E-state index contributed by atoms with van der Waals surface area (Å²) in [5, 5.41) is 9.45. The Bertz CT molecular complexity index is 368. The zero-order valence-electron chi connectivity index (χ0n) is 8.08. The van der Waals surface area contributed by atoms with Gasteiger partial charge in [0.1, 0.15) is 5.69 Å². The van der Waals surface area contributed by atoms with Crippen LogP contribution in [0.5, 0.6) is 0 Å². The molecule has 6 heteroatoms. The summed E-state index contributed by atoms with van der Waals surface area (Å²) in [4.78, 5) is 17.0. The first-order chi connectivity index (χ1) is 6.77. The summed E-state index contributed by atoms with van der Waals surface area (Å²) < 4.78 is 0. The lowest BCUT2D eigenvalue weighted by atomic mass is 10.3. The number of rotatable bonds is 1. The van der Waals surface area contributed by atoms with Crippen molar-refractivity contribution in [1.82, 2.24) is 20.5 Å². The van der Waals surface area contributed by atoms with Crippen LogP contribution in [-0.4, -0.2) is 41.4 Å². The molecule has 0 amide bonds. The second-order valence-corrected chi connectivity index (χ2v) is 3.29. The molecule has 1 aliphatic rings. The molecule has 1 aromatic heterocycles. The molecule has 0 spiro atoms. The summed E-state index contributed by atoms with van der Waals surface area (Å²) in [6.45, 7) is 5.44. The Morgan fingerprint density at radius 1 is 1.36 bits per heavy atom. The zero-order valence-corrected chi connectivity index (χ0v) is 8.08. The molecule has 0 radical (unpaired) electrons. The van der Waals surface area contributed by atoms with E-state index in [1.54, 1.807) is 0 Å². The van der Waals surface area contributed by atoms with E-state index < -0.39 is 0 Å². The van der Waals surface area contributed by atoms with Crippen molar-refractivity contribution in [3.8, 4) is 0 Å². The molecule has 0 bridgehead atoms. The standard InChI is InChI=1S/C8H13N5O/c1-6-7(10-8(14)12-11-6)13-4-2-9-3-5-13/h9H,2-5H2,1H3,(H,10,12,14). The van der Waals surface area contributed by atoms with Crippen molar-refractivity contribution in [3.05, 3.63) is 16.2 Å². The molecule has 76 valence electrons. The van der Waals surface area contributed by atoms with E-state index >= 15 is 0 Å². The molecule has 0 saturated carbocycles. The number of aryl methyl sites for hydroxylation is 1. The maximum Gasteiger partial charge on any atom is 0.363 e. The van der Waals surface area contributed by atoms with Crippen LogP contribution >= 0.6 is 0 Å². The predicted octanol–water partition coefficient (Wildman–Crippen LogP) is -1.12. The summed E-state index contributed by atoms with van der Waals surface area (Å²) in [6, 6.07) is 0. The number of nitrogens with one attached hydrogen (secondary N) is 2. The molecule has 1 aliphatic heterocycles. The fourth-order valence-corrected chi connectivity index (χ4v) is 1.56. The molecule has 0 aromatic carbocycles.